The fourth-order valence-electron chi connectivity index (χ4n) is 8.10. The fourth-order valence-corrected chi connectivity index (χ4v) is 8.56. The standard InChI is InChI=1S/C36H48N4O3S.C6H6.C2H2/c1-7-9-24(10-8-2)32-28-13-11-25(34(41)37-44-23(3)4)19-31(28)40-22-36(35(42)39-17-15-38(5)16-18-39)21-30(36)29-20-26(43-6)12-14-27(29)33(32)40;1-2-4-6-5-3-1;1-2/h11-14,19-20,23-24,30H,7-10,15-18,21-22H2,1-6H3,(H,37,41);1-6H;1-2H. The molecule has 2 unspecified atom stereocenters. The minimum absolute atomic E-state index is 0.0763. The Morgan fingerprint density at radius 3 is 2.15 bits per heavy atom. The highest BCUT2D eigenvalue weighted by Crippen LogP contribution is 2.66. The molecule has 7 nitrogen and oxygen atoms in total. The maximum absolute atomic E-state index is 14.6. The Morgan fingerprint density at radius 2 is 1.58 bits per heavy atom. The third-order valence-corrected chi connectivity index (χ3v) is 11.5. The number of terminal acetylenes is 1. The lowest BCUT2D eigenvalue weighted by Gasteiger charge is -2.35. The molecule has 1 aliphatic carbocycles. The van der Waals surface area contributed by atoms with Gasteiger partial charge in [-0.25, -0.2) is 0 Å². The van der Waals surface area contributed by atoms with Crippen molar-refractivity contribution in [1.29, 1.82) is 0 Å². The molecule has 1 N–H and O–H groups in total. The number of aromatic nitrogens is 1. The first-order valence-corrected chi connectivity index (χ1v) is 19.7. The highest BCUT2D eigenvalue weighted by atomic mass is 32.2. The van der Waals surface area contributed by atoms with Gasteiger partial charge in [0, 0.05) is 65.9 Å². The van der Waals surface area contributed by atoms with Gasteiger partial charge < -0.3 is 19.1 Å². The molecule has 2 amide bonds. The van der Waals surface area contributed by atoms with E-state index in [2.05, 4.69) is 97.0 Å². The second-order valence-electron chi connectivity index (χ2n) is 14.6. The zero-order chi connectivity index (χ0) is 37.4. The zero-order valence-electron chi connectivity index (χ0n) is 31.9. The number of ether oxygens (including phenoxy) is 1. The molecule has 52 heavy (non-hydrogen) atoms. The first-order valence-electron chi connectivity index (χ1n) is 18.8. The van der Waals surface area contributed by atoms with Crippen LogP contribution in [0, 0.1) is 18.3 Å². The lowest BCUT2D eigenvalue weighted by molar-refractivity contribution is -0.139. The number of nitrogens with zero attached hydrogens (tertiary/aromatic N) is 3. The molecular formula is C44H56N4O3S. The molecule has 0 radical (unpaired) electrons. The lowest BCUT2D eigenvalue weighted by Crippen LogP contribution is -2.50. The molecule has 8 heteroatoms. The van der Waals surface area contributed by atoms with E-state index in [-0.39, 0.29) is 17.7 Å². The molecule has 1 saturated carbocycles. The topological polar surface area (TPSA) is 66.8 Å². The SMILES string of the molecule is C#C.CCCC(CCC)c1c2n(c3cc(C(=O)NSC(C)C)ccc13)CC1(C(=O)N3CCN(C)CC3)CC1c1cc(OC)ccc1-2.c1ccccc1. The Kier molecular flexibility index (Phi) is 13.2. The number of hydrogen-bond donors (Lipinski definition) is 1. The van der Waals surface area contributed by atoms with Crippen LogP contribution in [0.3, 0.4) is 0 Å². The molecule has 2 fully saturated rings. The number of rotatable bonds is 10. The summed E-state index contributed by atoms with van der Waals surface area (Å²) in [6.45, 7) is 12.7. The van der Waals surface area contributed by atoms with E-state index in [9.17, 15) is 9.59 Å². The lowest BCUT2D eigenvalue weighted by atomic mass is 9.85. The summed E-state index contributed by atoms with van der Waals surface area (Å²) in [5.41, 5.74) is 6.28. The summed E-state index contributed by atoms with van der Waals surface area (Å²) in [5.74, 6) is 1.58. The summed E-state index contributed by atoms with van der Waals surface area (Å²) < 4.78 is 11.2. The van der Waals surface area contributed by atoms with E-state index in [0.717, 1.165) is 69.5 Å². The van der Waals surface area contributed by atoms with Crippen molar-refractivity contribution in [3.05, 3.63) is 89.5 Å². The minimum atomic E-state index is -0.498. The van der Waals surface area contributed by atoms with Crippen molar-refractivity contribution in [2.75, 3.05) is 40.3 Å². The highest BCUT2D eigenvalue weighted by molar-refractivity contribution is 7.98. The van der Waals surface area contributed by atoms with Gasteiger partial charge in [0.25, 0.3) is 5.91 Å². The molecule has 0 bridgehead atoms. The summed E-state index contributed by atoms with van der Waals surface area (Å²) in [6, 6.07) is 24.7. The van der Waals surface area contributed by atoms with Crippen molar-refractivity contribution in [3.63, 3.8) is 0 Å². The van der Waals surface area contributed by atoms with E-state index in [0.29, 0.717) is 23.3 Å². The average molecular weight is 721 g/mol. The van der Waals surface area contributed by atoms with Crippen molar-refractivity contribution < 1.29 is 14.3 Å². The third kappa shape index (κ3) is 8.06. The van der Waals surface area contributed by atoms with Crippen LogP contribution in [0.2, 0.25) is 0 Å². The van der Waals surface area contributed by atoms with E-state index >= 15 is 0 Å². The number of methoxy groups -OCH3 is 1. The number of carbonyl (C=O) groups is 2. The van der Waals surface area contributed by atoms with Gasteiger partial charge in [-0.05, 0) is 85.6 Å². The van der Waals surface area contributed by atoms with E-state index in [1.165, 1.54) is 39.7 Å². The molecule has 3 aliphatic rings. The van der Waals surface area contributed by atoms with E-state index in [1.807, 2.05) is 42.5 Å². The highest BCUT2D eigenvalue weighted by Gasteiger charge is 2.64. The van der Waals surface area contributed by atoms with Crippen LogP contribution >= 0.6 is 11.9 Å². The van der Waals surface area contributed by atoms with E-state index < -0.39 is 5.41 Å². The fraction of sp³-hybridized carbons (Fsp3) is 0.455. The maximum atomic E-state index is 14.6. The first-order chi connectivity index (χ1) is 25.2. The second kappa shape index (κ2) is 17.6. The van der Waals surface area contributed by atoms with Gasteiger partial charge in [-0.2, -0.15) is 0 Å². The van der Waals surface area contributed by atoms with Gasteiger partial charge in [0.05, 0.1) is 18.2 Å². The Hall–Kier alpha value is -4.19. The van der Waals surface area contributed by atoms with Gasteiger partial charge in [-0.1, -0.05) is 83.0 Å². The summed E-state index contributed by atoms with van der Waals surface area (Å²) in [6.07, 6.45) is 13.3. The summed E-state index contributed by atoms with van der Waals surface area (Å²) in [4.78, 5) is 32.3. The van der Waals surface area contributed by atoms with Gasteiger partial charge in [0.15, 0.2) is 0 Å². The third-order valence-electron chi connectivity index (χ3n) is 10.7. The second-order valence-corrected chi connectivity index (χ2v) is 16.0. The Labute approximate surface area is 315 Å². The van der Waals surface area contributed by atoms with Gasteiger partial charge in [-0.3, -0.25) is 14.3 Å². The molecule has 3 aromatic carbocycles. The first kappa shape index (κ1) is 39.0. The molecular weight excluding hydrogens is 665 g/mol. The summed E-state index contributed by atoms with van der Waals surface area (Å²) in [7, 11) is 3.85. The number of piperazine rings is 1. The van der Waals surface area contributed by atoms with E-state index in [4.69, 9.17) is 4.74 Å². The number of carbonyl (C=O) groups excluding carboxylic acids is 2. The number of benzene rings is 3. The number of likely N-dealkylation sites (N-methyl/N-ethyl adjacent to an activating group) is 1. The average Bonchev–Trinajstić information content (AvgIpc) is 3.85. The van der Waals surface area contributed by atoms with Crippen LogP contribution in [0.1, 0.15) is 93.1 Å². The Morgan fingerprint density at radius 1 is 0.942 bits per heavy atom. The van der Waals surface area contributed by atoms with Crippen LogP contribution in [0.4, 0.5) is 0 Å². The number of fused-ring (bicyclic) bond motifs is 7. The van der Waals surface area contributed by atoms with Crippen LogP contribution in [-0.4, -0.2) is 71.8 Å². The van der Waals surface area contributed by atoms with Gasteiger partial charge >= 0.3 is 0 Å². The van der Waals surface area contributed by atoms with Gasteiger partial charge in [-0.15, -0.1) is 12.8 Å². The van der Waals surface area contributed by atoms with Gasteiger partial charge in [0.1, 0.15) is 5.75 Å². The summed E-state index contributed by atoms with van der Waals surface area (Å²) >= 11 is 1.44. The van der Waals surface area contributed by atoms with Crippen LogP contribution in [0.15, 0.2) is 72.8 Å². The van der Waals surface area contributed by atoms with E-state index in [1.54, 1.807) is 7.11 Å². The van der Waals surface area contributed by atoms with Gasteiger partial charge in [0.2, 0.25) is 5.91 Å². The van der Waals surface area contributed by atoms with Crippen molar-refractivity contribution in [2.24, 2.45) is 5.41 Å². The van der Waals surface area contributed by atoms with Crippen LogP contribution in [-0.2, 0) is 11.3 Å². The number of nitrogens with one attached hydrogen (secondary N) is 1. The molecule has 3 heterocycles. The molecule has 7 rings (SSSR count). The molecule has 276 valence electrons. The molecule has 4 aromatic rings. The number of amides is 2. The van der Waals surface area contributed by atoms with Crippen molar-refractivity contribution in [2.45, 2.75) is 83.4 Å². The maximum Gasteiger partial charge on any atom is 0.261 e. The predicted octanol–water partition coefficient (Wildman–Crippen LogP) is 8.98. The smallest absolute Gasteiger partial charge is 0.261 e. The molecule has 1 aromatic heterocycles. The minimum Gasteiger partial charge on any atom is -0.497 e. The zero-order valence-corrected chi connectivity index (χ0v) is 32.7. The number of hydrogen-bond acceptors (Lipinski definition) is 5. The van der Waals surface area contributed by atoms with Crippen LogP contribution in [0.5, 0.6) is 5.75 Å². The Balaban J connectivity index is 0.000000586. The molecule has 1 saturated heterocycles. The predicted molar refractivity (Wildman–Crippen MR) is 217 cm³/mol. The molecule has 2 aliphatic heterocycles. The summed E-state index contributed by atoms with van der Waals surface area (Å²) in [5, 5.41) is 1.51. The molecule has 0 spiro atoms. The largest absolute Gasteiger partial charge is 0.497 e. The molecule has 2 atom stereocenters. The monoisotopic (exact) mass is 720 g/mol. The Bertz CT molecular complexity index is 1810. The van der Waals surface area contributed by atoms with Crippen LogP contribution in [0.25, 0.3) is 22.2 Å². The van der Waals surface area contributed by atoms with Crippen molar-refractivity contribution in [1.82, 2.24) is 19.1 Å². The van der Waals surface area contributed by atoms with Crippen molar-refractivity contribution >= 4 is 34.7 Å². The normalized spacial score (nSPS) is 18.9. The van der Waals surface area contributed by atoms with Crippen LogP contribution < -0.4 is 9.46 Å². The quantitative estimate of drug-likeness (QED) is 0.131. The van der Waals surface area contributed by atoms with Crippen molar-refractivity contribution in [3.8, 4) is 29.9 Å².